The first-order valence-electron chi connectivity index (χ1n) is 10.9. The van der Waals surface area contributed by atoms with Crippen LogP contribution < -0.4 is 4.90 Å². The Hall–Kier alpha value is -2.42. The summed E-state index contributed by atoms with van der Waals surface area (Å²) in [7, 11) is -3.46. The minimum atomic E-state index is -3.46. The number of anilines is 1. The van der Waals surface area contributed by atoms with Gasteiger partial charge in [0, 0.05) is 30.7 Å². The van der Waals surface area contributed by atoms with Crippen molar-refractivity contribution in [2.45, 2.75) is 36.1 Å². The van der Waals surface area contributed by atoms with Gasteiger partial charge in [-0.2, -0.15) is 4.31 Å². The second-order valence-electron chi connectivity index (χ2n) is 8.28. The van der Waals surface area contributed by atoms with Crippen molar-refractivity contribution >= 4 is 44.3 Å². The highest BCUT2D eigenvalue weighted by molar-refractivity contribution is 7.99. The van der Waals surface area contributed by atoms with Gasteiger partial charge in [-0.25, -0.2) is 13.4 Å². The first-order chi connectivity index (χ1) is 15.4. The zero-order valence-electron chi connectivity index (χ0n) is 18.0. The third-order valence-electron chi connectivity index (χ3n) is 6.20. The Kier molecular flexibility index (Phi) is 5.69. The number of aromatic nitrogens is 1. The number of fused-ring (bicyclic) bond motifs is 2. The first kappa shape index (κ1) is 21.4. The molecule has 2 aliphatic rings. The predicted octanol–water partition coefficient (Wildman–Crippen LogP) is 4.01. The Morgan fingerprint density at radius 2 is 1.84 bits per heavy atom. The lowest BCUT2D eigenvalue weighted by Crippen LogP contribution is -2.30. The van der Waals surface area contributed by atoms with Crippen LogP contribution in [0.15, 0.2) is 58.5 Å². The molecular weight excluding hydrogens is 442 g/mol. The molecule has 1 amide bonds. The quantitative estimate of drug-likeness (QED) is 0.530. The maximum absolute atomic E-state index is 12.9. The number of carbonyl (C=O) groups is 1. The highest BCUT2D eigenvalue weighted by atomic mass is 32.2. The van der Waals surface area contributed by atoms with Crippen LogP contribution >= 0.6 is 11.8 Å². The predicted molar refractivity (Wildman–Crippen MR) is 128 cm³/mol. The molecule has 1 saturated heterocycles. The number of para-hydroxylation sites is 1. The van der Waals surface area contributed by atoms with E-state index >= 15 is 0 Å². The van der Waals surface area contributed by atoms with E-state index in [-0.39, 0.29) is 5.91 Å². The largest absolute Gasteiger partial charge is 0.311 e. The number of hydrogen-bond acceptors (Lipinski definition) is 5. The third-order valence-corrected chi connectivity index (χ3v) is 8.99. The Bertz CT molecular complexity index is 1300. The highest BCUT2D eigenvalue weighted by Crippen LogP contribution is 2.31. The van der Waals surface area contributed by atoms with Gasteiger partial charge < -0.3 is 4.90 Å². The molecule has 1 aromatic heterocycles. The topological polar surface area (TPSA) is 70.6 Å². The molecular formula is C24H25N3O3S2. The summed E-state index contributed by atoms with van der Waals surface area (Å²) >= 11 is 1.42. The summed E-state index contributed by atoms with van der Waals surface area (Å²) in [5, 5.41) is 1.60. The van der Waals surface area contributed by atoms with Crippen molar-refractivity contribution in [3.05, 3.63) is 59.7 Å². The number of rotatable bonds is 5. The van der Waals surface area contributed by atoms with E-state index in [0.717, 1.165) is 53.0 Å². The zero-order chi connectivity index (χ0) is 22.3. The molecule has 3 aromatic rings. The van der Waals surface area contributed by atoms with E-state index in [0.29, 0.717) is 23.7 Å². The van der Waals surface area contributed by atoms with Crippen LogP contribution in [0, 0.1) is 6.92 Å². The summed E-state index contributed by atoms with van der Waals surface area (Å²) < 4.78 is 27.4. The van der Waals surface area contributed by atoms with Crippen molar-refractivity contribution in [2.75, 3.05) is 30.3 Å². The van der Waals surface area contributed by atoms with Crippen LogP contribution in [0.25, 0.3) is 10.9 Å². The van der Waals surface area contributed by atoms with Gasteiger partial charge >= 0.3 is 0 Å². The highest BCUT2D eigenvalue weighted by Gasteiger charge is 2.28. The van der Waals surface area contributed by atoms with Crippen LogP contribution in [0.4, 0.5) is 5.69 Å². The molecule has 0 atom stereocenters. The van der Waals surface area contributed by atoms with Crippen molar-refractivity contribution in [2.24, 2.45) is 0 Å². The SMILES string of the molecule is Cc1cc(SCC(=O)N2CCc3ccccc32)nc2ccc(S(=O)(=O)N3CCCC3)cc12. The minimum absolute atomic E-state index is 0.0755. The van der Waals surface area contributed by atoms with Gasteiger partial charge in [0.05, 0.1) is 21.2 Å². The summed E-state index contributed by atoms with van der Waals surface area (Å²) in [4.78, 5) is 19.7. The molecule has 0 unspecified atom stereocenters. The summed E-state index contributed by atoms with van der Waals surface area (Å²) in [6.07, 6.45) is 2.72. The van der Waals surface area contributed by atoms with Crippen molar-refractivity contribution < 1.29 is 13.2 Å². The van der Waals surface area contributed by atoms with E-state index in [1.54, 1.807) is 22.5 Å². The number of benzene rings is 2. The van der Waals surface area contributed by atoms with Gasteiger partial charge in [-0.05, 0) is 67.6 Å². The van der Waals surface area contributed by atoms with E-state index in [2.05, 4.69) is 11.1 Å². The van der Waals surface area contributed by atoms with Gasteiger partial charge in [-0.1, -0.05) is 30.0 Å². The van der Waals surface area contributed by atoms with E-state index < -0.39 is 10.0 Å². The maximum atomic E-state index is 12.9. The molecule has 0 saturated carbocycles. The van der Waals surface area contributed by atoms with Crippen molar-refractivity contribution in [3.8, 4) is 0 Å². The third kappa shape index (κ3) is 3.91. The van der Waals surface area contributed by atoms with Gasteiger partial charge in [0.15, 0.2) is 0 Å². The number of pyridine rings is 1. The van der Waals surface area contributed by atoms with E-state index in [9.17, 15) is 13.2 Å². The summed E-state index contributed by atoms with van der Waals surface area (Å²) in [5.74, 6) is 0.389. The standard InChI is InChI=1S/C24H25N3O3S2/c1-17-14-23(31-16-24(28)27-13-10-18-6-2-3-7-22(18)27)25-21-9-8-19(15-20(17)21)32(29,30)26-11-4-5-12-26/h2-3,6-9,14-15H,4-5,10-13,16H2,1H3. The van der Waals surface area contributed by atoms with E-state index in [1.807, 2.05) is 36.1 Å². The van der Waals surface area contributed by atoms with Crippen molar-refractivity contribution in [3.63, 3.8) is 0 Å². The van der Waals surface area contributed by atoms with Crippen LogP contribution in [-0.4, -0.2) is 49.0 Å². The molecule has 6 nitrogen and oxygen atoms in total. The Morgan fingerprint density at radius 3 is 2.66 bits per heavy atom. The van der Waals surface area contributed by atoms with Gasteiger partial charge in [0.1, 0.15) is 0 Å². The molecule has 0 aliphatic carbocycles. The molecule has 0 bridgehead atoms. The van der Waals surface area contributed by atoms with Gasteiger partial charge in [-0.3, -0.25) is 4.79 Å². The fourth-order valence-electron chi connectivity index (χ4n) is 4.47. The second kappa shape index (κ2) is 8.50. The second-order valence-corrected chi connectivity index (χ2v) is 11.2. The number of nitrogens with zero attached hydrogens (tertiary/aromatic N) is 3. The molecule has 32 heavy (non-hydrogen) atoms. The van der Waals surface area contributed by atoms with Gasteiger partial charge in [-0.15, -0.1) is 0 Å². The number of carbonyl (C=O) groups excluding carboxylic acids is 1. The number of hydrogen-bond donors (Lipinski definition) is 0. The fraction of sp³-hybridized carbons (Fsp3) is 0.333. The summed E-state index contributed by atoms with van der Waals surface area (Å²) in [6.45, 7) is 3.85. The Morgan fingerprint density at radius 1 is 1.06 bits per heavy atom. The number of sulfonamides is 1. The molecule has 2 aliphatic heterocycles. The fourth-order valence-corrected chi connectivity index (χ4v) is 6.86. The Balaban J connectivity index is 1.34. The molecule has 1 fully saturated rings. The van der Waals surface area contributed by atoms with Gasteiger partial charge in [0.25, 0.3) is 0 Å². The number of thioether (sulfide) groups is 1. The van der Waals surface area contributed by atoms with E-state index in [1.165, 1.54) is 17.3 Å². The Labute approximate surface area is 192 Å². The van der Waals surface area contributed by atoms with Crippen LogP contribution in [0.2, 0.25) is 0 Å². The number of aryl methyl sites for hydroxylation is 1. The summed E-state index contributed by atoms with van der Waals surface area (Å²) in [6, 6.07) is 15.1. The lowest BCUT2D eigenvalue weighted by molar-refractivity contribution is -0.116. The van der Waals surface area contributed by atoms with Crippen molar-refractivity contribution in [1.29, 1.82) is 0 Å². The normalized spacial score (nSPS) is 16.6. The monoisotopic (exact) mass is 467 g/mol. The van der Waals surface area contributed by atoms with Crippen molar-refractivity contribution in [1.82, 2.24) is 9.29 Å². The van der Waals surface area contributed by atoms with Crippen LogP contribution in [0.3, 0.4) is 0 Å². The van der Waals surface area contributed by atoms with Crippen LogP contribution in [0.5, 0.6) is 0 Å². The molecule has 0 spiro atoms. The summed E-state index contributed by atoms with van der Waals surface area (Å²) in [5.41, 5.74) is 3.92. The molecule has 8 heteroatoms. The molecule has 2 aromatic carbocycles. The zero-order valence-corrected chi connectivity index (χ0v) is 19.6. The maximum Gasteiger partial charge on any atom is 0.243 e. The smallest absolute Gasteiger partial charge is 0.243 e. The van der Waals surface area contributed by atoms with E-state index in [4.69, 9.17) is 0 Å². The average molecular weight is 468 g/mol. The molecule has 166 valence electrons. The molecule has 5 rings (SSSR count). The lowest BCUT2D eigenvalue weighted by atomic mass is 10.1. The van der Waals surface area contributed by atoms with Gasteiger partial charge in [0.2, 0.25) is 15.9 Å². The molecule has 0 radical (unpaired) electrons. The average Bonchev–Trinajstić information content (AvgIpc) is 3.48. The minimum Gasteiger partial charge on any atom is -0.311 e. The van der Waals surface area contributed by atoms with Crippen LogP contribution in [-0.2, 0) is 21.2 Å². The van der Waals surface area contributed by atoms with Crippen LogP contribution in [0.1, 0.15) is 24.0 Å². The molecule has 3 heterocycles. The molecule has 0 N–H and O–H groups in total. The lowest BCUT2D eigenvalue weighted by Gasteiger charge is -2.17. The first-order valence-corrected chi connectivity index (χ1v) is 13.3. The number of amides is 1.